The van der Waals surface area contributed by atoms with Gasteiger partial charge in [0.2, 0.25) is 0 Å². The van der Waals surface area contributed by atoms with Gasteiger partial charge in [0, 0.05) is 24.0 Å². The molecule has 1 aromatic carbocycles. The maximum atomic E-state index is 6.35. The van der Waals surface area contributed by atoms with E-state index in [1.54, 1.807) is 0 Å². The van der Waals surface area contributed by atoms with E-state index in [9.17, 15) is 0 Å². The quantitative estimate of drug-likeness (QED) is 0.899. The van der Waals surface area contributed by atoms with Crippen LogP contribution in [0.2, 0.25) is 5.02 Å². The Kier molecular flexibility index (Phi) is 4.89. The number of hydrogen-bond donors (Lipinski definition) is 1. The molecule has 1 atom stereocenters. The Morgan fingerprint density at radius 3 is 2.65 bits per heavy atom. The van der Waals surface area contributed by atoms with Gasteiger partial charge in [0.25, 0.3) is 0 Å². The van der Waals surface area contributed by atoms with Gasteiger partial charge in [0.05, 0.1) is 16.4 Å². The number of aromatic nitrogens is 2. The molecule has 0 spiro atoms. The molecule has 0 saturated heterocycles. The standard InChI is InChI=1S/C15H19BrClN3/c1-9-5-6-11(16)7-12(9)13(18-3)8-14-15(17)10(2)19-20(14)4/h5-7,13,18H,8H2,1-4H3. The van der Waals surface area contributed by atoms with Gasteiger partial charge in [-0.25, -0.2) is 0 Å². The highest BCUT2D eigenvalue weighted by molar-refractivity contribution is 9.10. The summed E-state index contributed by atoms with van der Waals surface area (Å²) in [5, 5.41) is 8.52. The zero-order valence-corrected chi connectivity index (χ0v) is 14.5. The summed E-state index contributed by atoms with van der Waals surface area (Å²) < 4.78 is 2.96. The van der Waals surface area contributed by atoms with Gasteiger partial charge in [-0.3, -0.25) is 4.68 Å². The minimum atomic E-state index is 0.208. The van der Waals surface area contributed by atoms with Gasteiger partial charge in [-0.05, 0) is 44.2 Å². The third-order valence-electron chi connectivity index (χ3n) is 3.62. The second-order valence-corrected chi connectivity index (χ2v) is 6.31. The molecule has 0 bridgehead atoms. The average molecular weight is 357 g/mol. The molecule has 0 aliphatic rings. The molecule has 0 aliphatic heterocycles. The Morgan fingerprint density at radius 2 is 2.10 bits per heavy atom. The van der Waals surface area contributed by atoms with Gasteiger partial charge in [-0.15, -0.1) is 0 Å². The van der Waals surface area contributed by atoms with Crippen LogP contribution in [-0.2, 0) is 13.5 Å². The number of halogens is 2. The molecule has 0 fully saturated rings. The molecule has 1 unspecified atom stereocenters. The third kappa shape index (κ3) is 3.08. The Morgan fingerprint density at radius 1 is 1.40 bits per heavy atom. The molecule has 0 aliphatic carbocycles. The molecule has 1 N–H and O–H groups in total. The van der Waals surface area contributed by atoms with E-state index in [1.807, 2.05) is 25.7 Å². The van der Waals surface area contributed by atoms with Crippen molar-refractivity contribution >= 4 is 27.5 Å². The van der Waals surface area contributed by atoms with Crippen molar-refractivity contribution in [2.75, 3.05) is 7.05 Å². The highest BCUT2D eigenvalue weighted by Crippen LogP contribution is 2.28. The molecule has 0 radical (unpaired) electrons. The van der Waals surface area contributed by atoms with Crippen LogP contribution in [0, 0.1) is 13.8 Å². The molecule has 2 aromatic rings. The van der Waals surface area contributed by atoms with E-state index in [2.05, 4.69) is 51.5 Å². The second kappa shape index (κ2) is 6.29. The molecular weight excluding hydrogens is 338 g/mol. The maximum Gasteiger partial charge on any atom is 0.0847 e. The lowest BCUT2D eigenvalue weighted by Gasteiger charge is -2.19. The highest BCUT2D eigenvalue weighted by Gasteiger charge is 2.18. The molecule has 20 heavy (non-hydrogen) atoms. The van der Waals surface area contributed by atoms with Crippen LogP contribution in [-0.4, -0.2) is 16.8 Å². The summed E-state index contributed by atoms with van der Waals surface area (Å²) in [5.41, 5.74) is 4.48. The zero-order valence-electron chi connectivity index (χ0n) is 12.2. The van der Waals surface area contributed by atoms with E-state index < -0.39 is 0 Å². The molecular formula is C15H19BrClN3. The average Bonchev–Trinajstić information content (AvgIpc) is 2.65. The summed E-state index contributed by atoms with van der Waals surface area (Å²) in [6, 6.07) is 6.56. The summed E-state index contributed by atoms with van der Waals surface area (Å²) in [4.78, 5) is 0. The third-order valence-corrected chi connectivity index (χ3v) is 4.61. The molecule has 0 amide bonds. The zero-order chi connectivity index (χ0) is 14.9. The molecule has 0 saturated carbocycles. The van der Waals surface area contributed by atoms with Crippen molar-refractivity contribution in [2.45, 2.75) is 26.3 Å². The lowest BCUT2D eigenvalue weighted by atomic mass is 9.97. The van der Waals surface area contributed by atoms with Crippen LogP contribution in [0.25, 0.3) is 0 Å². The van der Waals surface area contributed by atoms with Gasteiger partial charge in [-0.2, -0.15) is 5.10 Å². The predicted octanol–water partition coefficient (Wildman–Crippen LogP) is 3.96. The summed E-state index contributed by atoms with van der Waals surface area (Å²) in [7, 11) is 3.91. The first-order chi connectivity index (χ1) is 9.43. The smallest absolute Gasteiger partial charge is 0.0847 e. The van der Waals surface area contributed by atoms with Crippen molar-refractivity contribution in [1.29, 1.82) is 0 Å². The van der Waals surface area contributed by atoms with Crippen LogP contribution in [0.1, 0.15) is 28.6 Å². The molecule has 3 nitrogen and oxygen atoms in total. The second-order valence-electron chi connectivity index (χ2n) is 5.02. The normalized spacial score (nSPS) is 12.7. The Hall–Kier alpha value is -0.840. The summed E-state index contributed by atoms with van der Waals surface area (Å²) in [6.45, 7) is 4.06. The van der Waals surface area contributed by atoms with Crippen LogP contribution in [0.4, 0.5) is 0 Å². The SMILES string of the molecule is CNC(Cc1c(Cl)c(C)nn1C)c1cc(Br)ccc1C. The van der Waals surface area contributed by atoms with Gasteiger partial charge in [-0.1, -0.05) is 33.6 Å². The lowest BCUT2D eigenvalue weighted by molar-refractivity contribution is 0.559. The molecule has 2 rings (SSSR count). The number of nitrogens with zero attached hydrogens (tertiary/aromatic N) is 2. The Balaban J connectivity index is 2.36. The van der Waals surface area contributed by atoms with Crippen LogP contribution in [0.5, 0.6) is 0 Å². The van der Waals surface area contributed by atoms with Crippen molar-refractivity contribution < 1.29 is 0 Å². The summed E-state index contributed by atoms with van der Waals surface area (Å²) in [5.74, 6) is 0. The fraction of sp³-hybridized carbons (Fsp3) is 0.400. The molecule has 1 heterocycles. The number of likely N-dealkylation sites (N-methyl/N-ethyl adjacent to an activating group) is 1. The minimum absolute atomic E-state index is 0.208. The van der Waals surface area contributed by atoms with Crippen LogP contribution >= 0.6 is 27.5 Å². The monoisotopic (exact) mass is 355 g/mol. The van der Waals surface area contributed by atoms with E-state index in [0.29, 0.717) is 0 Å². The van der Waals surface area contributed by atoms with E-state index >= 15 is 0 Å². The largest absolute Gasteiger partial charge is 0.313 e. The van der Waals surface area contributed by atoms with E-state index in [1.165, 1.54) is 11.1 Å². The van der Waals surface area contributed by atoms with Crippen molar-refractivity contribution in [2.24, 2.45) is 7.05 Å². The van der Waals surface area contributed by atoms with Crippen LogP contribution < -0.4 is 5.32 Å². The predicted molar refractivity (Wildman–Crippen MR) is 87.3 cm³/mol. The molecule has 1 aromatic heterocycles. The Bertz CT molecular complexity index is 622. The first kappa shape index (κ1) is 15.5. The van der Waals surface area contributed by atoms with Gasteiger partial charge < -0.3 is 5.32 Å². The number of aryl methyl sites for hydroxylation is 3. The highest BCUT2D eigenvalue weighted by atomic mass is 79.9. The summed E-state index contributed by atoms with van der Waals surface area (Å²) >= 11 is 9.89. The van der Waals surface area contributed by atoms with E-state index in [0.717, 1.165) is 27.3 Å². The topological polar surface area (TPSA) is 29.9 Å². The van der Waals surface area contributed by atoms with Gasteiger partial charge in [0.15, 0.2) is 0 Å². The van der Waals surface area contributed by atoms with E-state index in [4.69, 9.17) is 11.6 Å². The van der Waals surface area contributed by atoms with E-state index in [-0.39, 0.29) is 6.04 Å². The number of hydrogen-bond acceptors (Lipinski definition) is 2. The van der Waals surface area contributed by atoms with Crippen molar-refractivity contribution in [3.05, 3.63) is 50.2 Å². The lowest BCUT2D eigenvalue weighted by Crippen LogP contribution is -2.21. The first-order valence-corrected chi connectivity index (χ1v) is 7.72. The number of rotatable bonds is 4. The maximum absolute atomic E-state index is 6.35. The fourth-order valence-corrected chi connectivity index (χ4v) is 3.07. The van der Waals surface area contributed by atoms with Crippen LogP contribution in [0.15, 0.2) is 22.7 Å². The van der Waals surface area contributed by atoms with Crippen molar-refractivity contribution in [3.8, 4) is 0 Å². The number of benzene rings is 1. The first-order valence-electron chi connectivity index (χ1n) is 6.55. The van der Waals surface area contributed by atoms with Crippen molar-refractivity contribution in [1.82, 2.24) is 15.1 Å². The van der Waals surface area contributed by atoms with Crippen LogP contribution in [0.3, 0.4) is 0 Å². The molecule has 108 valence electrons. The minimum Gasteiger partial charge on any atom is -0.313 e. The summed E-state index contributed by atoms with van der Waals surface area (Å²) in [6.07, 6.45) is 0.809. The Labute approximate surface area is 133 Å². The van der Waals surface area contributed by atoms with Crippen molar-refractivity contribution in [3.63, 3.8) is 0 Å². The number of nitrogens with one attached hydrogen (secondary N) is 1. The fourth-order valence-electron chi connectivity index (χ4n) is 2.45. The van der Waals surface area contributed by atoms with Gasteiger partial charge in [0.1, 0.15) is 0 Å². The molecule has 5 heteroatoms. The van der Waals surface area contributed by atoms with Gasteiger partial charge >= 0.3 is 0 Å².